The van der Waals surface area contributed by atoms with Crippen molar-refractivity contribution in [3.8, 4) is 12.3 Å². The summed E-state index contributed by atoms with van der Waals surface area (Å²) in [6, 6.07) is 7.29. The van der Waals surface area contributed by atoms with Crippen LogP contribution in [0.3, 0.4) is 0 Å². The van der Waals surface area contributed by atoms with Crippen LogP contribution in [0.2, 0.25) is 0 Å². The maximum atomic E-state index is 11.7. The van der Waals surface area contributed by atoms with E-state index in [0.717, 1.165) is 4.47 Å². The van der Waals surface area contributed by atoms with Gasteiger partial charge >= 0.3 is 0 Å². The summed E-state index contributed by atoms with van der Waals surface area (Å²) >= 11 is 3.32. The molecule has 78 valence electrons. The van der Waals surface area contributed by atoms with Gasteiger partial charge < -0.3 is 5.32 Å². The molecule has 1 rings (SSSR count). The largest absolute Gasteiger partial charge is 0.349 e. The van der Waals surface area contributed by atoms with E-state index in [1.807, 2.05) is 25.1 Å². The Bertz CT molecular complexity index is 395. The molecule has 15 heavy (non-hydrogen) atoms. The van der Waals surface area contributed by atoms with E-state index in [-0.39, 0.29) is 11.9 Å². The Morgan fingerprint density at radius 1 is 1.60 bits per heavy atom. The zero-order valence-corrected chi connectivity index (χ0v) is 10.0. The highest BCUT2D eigenvalue weighted by molar-refractivity contribution is 9.10. The molecule has 1 amide bonds. The quantitative estimate of drug-likeness (QED) is 0.837. The van der Waals surface area contributed by atoms with E-state index in [1.54, 1.807) is 6.07 Å². The van der Waals surface area contributed by atoms with Crippen molar-refractivity contribution in [3.05, 3.63) is 34.3 Å². The van der Waals surface area contributed by atoms with Crippen LogP contribution in [0.25, 0.3) is 0 Å². The Hall–Kier alpha value is -1.27. The lowest BCUT2D eigenvalue weighted by atomic mass is 10.2. The van der Waals surface area contributed by atoms with Crippen molar-refractivity contribution in [2.75, 3.05) is 0 Å². The molecule has 1 aromatic rings. The van der Waals surface area contributed by atoms with Crippen molar-refractivity contribution in [1.29, 1.82) is 0 Å². The number of carbonyl (C=O) groups is 1. The minimum atomic E-state index is -0.106. The minimum absolute atomic E-state index is 0.00499. The fourth-order valence-corrected chi connectivity index (χ4v) is 1.64. The molecular formula is C12H12BrNO. The van der Waals surface area contributed by atoms with Crippen LogP contribution in [0, 0.1) is 12.3 Å². The van der Waals surface area contributed by atoms with Crippen molar-refractivity contribution in [2.45, 2.75) is 19.4 Å². The molecule has 2 nitrogen and oxygen atoms in total. The lowest BCUT2D eigenvalue weighted by Gasteiger charge is -2.11. The van der Waals surface area contributed by atoms with Crippen molar-refractivity contribution < 1.29 is 4.79 Å². The van der Waals surface area contributed by atoms with E-state index < -0.39 is 0 Å². The molecule has 1 N–H and O–H groups in total. The van der Waals surface area contributed by atoms with Gasteiger partial charge in [-0.2, -0.15) is 0 Å². The Labute approximate surface area is 98.2 Å². The summed E-state index contributed by atoms with van der Waals surface area (Å²) in [6.45, 7) is 1.88. The fourth-order valence-electron chi connectivity index (χ4n) is 1.17. The smallest absolute Gasteiger partial charge is 0.252 e. The first-order valence-electron chi connectivity index (χ1n) is 4.64. The zero-order chi connectivity index (χ0) is 11.3. The highest BCUT2D eigenvalue weighted by atomic mass is 79.9. The van der Waals surface area contributed by atoms with E-state index >= 15 is 0 Å². The number of halogens is 1. The number of terminal acetylenes is 1. The molecule has 0 radical (unpaired) electrons. The van der Waals surface area contributed by atoms with E-state index in [9.17, 15) is 4.79 Å². The summed E-state index contributed by atoms with van der Waals surface area (Å²) in [5.41, 5.74) is 0.626. The van der Waals surface area contributed by atoms with Crippen molar-refractivity contribution in [1.82, 2.24) is 5.32 Å². The number of hydrogen-bond donors (Lipinski definition) is 1. The van der Waals surface area contributed by atoms with Gasteiger partial charge in [0.05, 0.1) is 5.56 Å². The van der Waals surface area contributed by atoms with Gasteiger partial charge in [-0.1, -0.05) is 12.1 Å². The monoisotopic (exact) mass is 265 g/mol. The molecule has 0 aromatic heterocycles. The molecule has 0 heterocycles. The summed E-state index contributed by atoms with van der Waals surface area (Å²) < 4.78 is 0.787. The first-order chi connectivity index (χ1) is 7.15. The third-order valence-electron chi connectivity index (χ3n) is 1.92. The Morgan fingerprint density at radius 2 is 2.27 bits per heavy atom. The average Bonchev–Trinajstić information content (AvgIpc) is 2.18. The van der Waals surface area contributed by atoms with Crippen LogP contribution in [-0.4, -0.2) is 11.9 Å². The van der Waals surface area contributed by atoms with Crippen LogP contribution in [0.1, 0.15) is 23.7 Å². The van der Waals surface area contributed by atoms with Gasteiger partial charge in [0.2, 0.25) is 0 Å². The summed E-state index contributed by atoms with van der Waals surface area (Å²) in [4.78, 5) is 11.7. The van der Waals surface area contributed by atoms with Gasteiger partial charge in [0.25, 0.3) is 5.91 Å². The van der Waals surface area contributed by atoms with Crippen molar-refractivity contribution >= 4 is 21.8 Å². The highest BCUT2D eigenvalue weighted by Gasteiger charge is 2.11. The first kappa shape index (κ1) is 11.8. The van der Waals surface area contributed by atoms with Crippen LogP contribution in [0.4, 0.5) is 0 Å². The second kappa shape index (κ2) is 5.57. The zero-order valence-electron chi connectivity index (χ0n) is 8.46. The molecule has 0 aliphatic rings. The number of nitrogens with one attached hydrogen (secondary N) is 1. The van der Waals surface area contributed by atoms with E-state index in [1.165, 1.54) is 0 Å². The summed E-state index contributed by atoms with van der Waals surface area (Å²) in [6.07, 6.45) is 5.70. The Morgan fingerprint density at radius 3 is 2.87 bits per heavy atom. The van der Waals surface area contributed by atoms with Gasteiger partial charge in [-0.15, -0.1) is 12.3 Å². The van der Waals surface area contributed by atoms with Gasteiger partial charge in [-0.3, -0.25) is 4.79 Å². The van der Waals surface area contributed by atoms with E-state index in [2.05, 4.69) is 27.2 Å². The highest BCUT2D eigenvalue weighted by Crippen LogP contribution is 2.15. The SMILES string of the molecule is C#CCC(C)NC(=O)c1ccccc1Br. The van der Waals surface area contributed by atoms with Crippen LogP contribution in [0.15, 0.2) is 28.7 Å². The molecule has 0 bridgehead atoms. The number of benzene rings is 1. The van der Waals surface area contributed by atoms with Crippen LogP contribution >= 0.6 is 15.9 Å². The van der Waals surface area contributed by atoms with Crippen molar-refractivity contribution in [2.24, 2.45) is 0 Å². The maximum Gasteiger partial charge on any atom is 0.252 e. The first-order valence-corrected chi connectivity index (χ1v) is 5.43. The second-order valence-corrected chi connectivity index (χ2v) is 4.12. The van der Waals surface area contributed by atoms with Gasteiger partial charge in [0.15, 0.2) is 0 Å². The third kappa shape index (κ3) is 3.41. The molecule has 3 heteroatoms. The molecule has 0 spiro atoms. The summed E-state index contributed by atoms with van der Waals surface area (Å²) in [5, 5.41) is 2.83. The van der Waals surface area contributed by atoms with Crippen molar-refractivity contribution in [3.63, 3.8) is 0 Å². The molecule has 0 fully saturated rings. The number of hydrogen-bond acceptors (Lipinski definition) is 1. The molecule has 1 unspecified atom stereocenters. The van der Waals surface area contributed by atoms with Gasteiger partial charge in [-0.25, -0.2) is 0 Å². The minimum Gasteiger partial charge on any atom is -0.349 e. The van der Waals surface area contributed by atoms with E-state index in [4.69, 9.17) is 6.42 Å². The normalized spacial score (nSPS) is 11.5. The summed E-state index contributed by atoms with van der Waals surface area (Å²) in [7, 11) is 0. The topological polar surface area (TPSA) is 29.1 Å². The van der Waals surface area contributed by atoms with Gasteiger partial charge in [0.1, 0.15) is 0 Å². The van der Waals surface area contributed by atoms with Crippen LogP contribution in [-0.2, 0) is 0 Å². The fraction of sp³-hybridized carbons (Fsp3) is 0.250. The molecule has 1 aromatic carbocycles. The summed E-state index contributed by atoms with van der Waals surface area (Å²) in [5.74, 6) is 2.41. The molecular weight excluding hydrogens is 254 g/mol. The predicted octanol–water partition coefficient (Wildman–Crippen LogP) is 2.59. The Kier molecular flexibility index (Phi) is 4.38. The van der Waals surface area contributed by atoms with Gasteiger partial charge in [-0.05, 0) is 35.0 Å². The second-order valence-electron chi connectivity index (χ2n) is 3.26. The molecule has 0 aliphatic heterocycles. The van der Waals surface area contributed by atoms with E-state index in [0.29, 0.717) is 12.0 Å². The van der Waals surface area contributed by atoms with Crippen LogP contribution in [0.5, 0.6) is 0 Å². The predicted molar refractivity (Wildman–Crippen MR) is 64.5 cm³/mol. The standard InChI is InChI=1S/C12H12BrNO/c1-3-6-9(2)14-12(15)10-7-4-5-8-11(10)13/h1,4-5,7-9H,6H2,2H3,(H,14,15). The number of carbonyl (C=O) groups excluding carboxylic acids is 1. The molecule has 1 atom stereocenters. The van der Waals surface area contributed by atoms with Gasteiger partial charge in [0, 0.05) is 16.9 Å². The molecule has 0 aliphatic carbocycles. The third-order valence-corrected chi connectivity index (χ3v) is 2.61. The Balaban J connectivity index is 2.70. The lowest BCUT2D eigenvalue weighted by molar-refractivity contribution is 0.0940. The molecule has 0 saturated carbocycles. The van der Waals surface area contributed by atoms with Crippen LogP contribution < -0.4 is 5.32 Å². The lowest BCUT2D eigenvalue weighted by Crippen LogP contribution is -2.32. The molecule has 0 saturated heterocycles. The maximum absolute atomic E-state index is 11.7. The number of rotatable bonds is 3. The number of amides is 1. The average molecular weight is 266 g/mol.